The normalized spacial score (nSPS) is 10.8. The average molecular weight is 362 g/mol. The summed E-state index contributed by atoms with van der Waals surface area (Å²) < 4.78 is 7.52. The Morgan fingerprint density at radius 2 is 2.08 bits per heavy atom. The van der Waals surface area contributed by atoms with Gasteiger partial charge in [-0.05, 0) is 44.9 Å². The van der Waals surface area contributed by atoms with Gasteiger partial charge in [0, 0.05) is 12.2 Å². The number of nitrogens with one attached hydrogen (secondary N) is 1. The van der Waals surface area contributed by atoms with E-state index in [2.05, 4.69) is 28.7 Å². The summed E-state index contributed by atoms with van der Waals surface area (Å²) in [6.45, 7) is 9.20. The Balaban J connectivity index is 2.03. The minimum absolute atomic E-state index is 0.0609. The number of hydrogen-bond donors (Lipinski definition) is 1. The summed E-state index contributed by atoms with van der Waals surface area (Å²) >= 11 is 1.48. The maximum absolute atomic E-state index is 12.4. The summed E-state index contributed by atoms with van der Waals surface area (Å²) in [7, 11) is 1.60. The topological polar surface area (TPSA) is 56.2 Å². The molecule has 6 heteroatoms. The molecule has 1 aromatic carbocycles. The number of aryl methyl sites for hydroxylation is 2. The lowest BCUT2D eigenvalue weighted by Crippen LogP contribution is -2.15. The largest absolute Gasteiger partial charge is 0.495 e. The zero-order valence-electron chi connectivity index (χ0n) is 15.7. The number of imidazole rings is 1. The molecule has 1 N–H and O–H groups in total. The molecule has 1 aromatic heterocycles. The summed E-state index contributed by atoms with van der Waals surface area (Å²) in [4.78, 5) is 17.0. The van der Waals surface area contributed by atoms with Crippen LogP contribution in [-0.4, -0.2) is 28.3 Å². The second-order valence-corrected chi connectivity index (χ2v) is 7.05. The van der Waals surface area contributed by atoms with E-state index in [0.29, 0.717) is 17.2 Å². The fraction of sp³-hybridized carbons (Fsp3) is 0.474. The van der Waals surface area contributed by atoms with E-state index in [9.17, 15) is 4.79 Å². The van der Waals surface area contributed by atoms with Gasteiger partial charge in [0.2, 0.25) is 5.91 Å². The lowest BCUT2D eigenvalue weighted by Gasteiger charge is -2.11. The number of carbonyl (C=O) groups excluding carboxylic acids is 1. The fourth-order valence-corrected chi connectivity index (χ4v) is 3.47. The molecule has 2 rings (SSSR count). The Hall–Kier alpha value is -1.95. The summed E-state index contributed by atoms with van der Waals surface area (Å²) in [6, 6.07) is 5.74. The Morgan fingerprint density at radius 1 is 1.32 bits per heavy atom. The van der Waals surface area contributed by atoms with E-state index in [1.807, 2.05) is 32.0 Å². The molecule has 0 saturated carbocycles. The van der Waals surface area contributed by atoms with Crippen LogP contribution in [-0.2, 0) is 11.3 Å². The number of thioether (sulfide) groups is 1. The van der Waals surface area contributed by atoms with Crippen molar-refractivity contribution in [3.63, 3.8) is 0 Å². The molecule has 5 nitrogen and oxygen atoms in total. The van der Waals surface area contributed by atoms with Crippen LogP contribution in [0.25, 0.3) is 0 Å². The van der Waals surface area contributed by atoms with Crippen molar-refractivity contribution in [3.05, 3.63) is 35.2 Å². The number of methoxy groups -OCH3 is 1. The molecule has 25 heavy (non-hydrogen) atoms. The number of hydrogen-bond acceptors (Lipinski definition) is 4. The highest BCUT2D eigenvalue weighted by Gasteiger charge is 2.14. The Labute approximate surface area is 154 Å². The van der Waals surface area contributed by atoms with Crippen LogP contribution in [0.4, 0.5) is 5.69 Å². The van der Waals surface area contributed by atoms with Crippen LogP contribution in [0.3, 0.4) is 0 Å². The van der Waals surface area contributed by atoms with Gasteiger partial charge in [0.25, 0.3) is 0 Å². The highest BCUT2D eigenvalue weighted by molar-refractivity contribution is 7.99. The minimum Gasteiger partial charge on any atom is -0.495 e. The van der Waals surface area contributed by atoms with E-state index in [1.54, 1.807) is 7.11 Å². The maximum atomic E-state index is 12.4. The van der Waals surface area contributed by atoms with Crippen molar-refractivity contribution in [1.82, 2.24) is 9.55 Å². The summed E-state index contributed by atoms with van der Waals surface area (Å²) in [5.74, 6) is 0.924. The molecule has 136 valence electrons. The molecule has 0 spiro atoms. The highest BCUT2D eigenvalue weighted by atomic mass is 32.2. The molecule has 1 amide bonds. The van der Waals surface area contributed by atoms with Crippen molar-refractivity contribution < 1.29 is 9.53 Å². The molecule has 0 saturated heterocycles. The molecule has 0 radical (unpaired) electrons. The molecule has 0 aliphatic heterocycles. The number of benzene rings is 1. The van der Waals surface area contributed by atoms with Gasteiger partial charge in [-0.3, -0.25) is 4.79 Å². The second-order valence-electron chi connectivity index (χ2n) is 6.11. The van der Waals surface area contributed by atoms with E-state index in [-0.39, 0.29) is 5.91 Å². The van der Waals surface area contributed by atoms with Crippen LogP contribution in [0, 0.1) is 20.8 Å². The predicted octanol–water partition coefficient (Wildman–Crippen LogP) is 4.35. The van der Waals surface area contributed by atoms with E-state index < -0.39 is 0 Å². The zero-order valence-corrected chi connectivity index (χ0v) is 16.5. The summed E-state index contributed by atoms with van der Waals surface area (Å²) in [5, 5.41) is 3.85. The van der Waals surface area contributed by atoms with Gasteiger partial charge in [0.15, 0.2) is 5.16 Å². The van der Waals surface area contributed by atoms with Crippen molar-refractivity contribution in [3.8, 4) is 5.75 Å². The van der Waals surface area contributed by atoms with Crippen molar-refractivity contribution >= 4 is 23.4 Å². The van der Waals surface area contributed by atoms with Gasteiger partial charge in [0.05, 0.1) is 24.2 Å². The summed E-state index contributed by atoms with van der Waals surface area (Å²) in [6.07, 6.45) is 2.24. The van der Waals surface area contributed by atoms with Gasteiger partial charge in [0.1, 0.15) is 5.75 Å². The van der Waals surface area contributed by atoms with Gasteiger partial charge in [-0.2, -0.15) is 0 Å². The first-order chi connectivity index (χ1) is 12.0. The molecule has 0 bridgehead atoms. The number of unbranched alkanes of at least 4 members (excludes halogenated alkanes) is 1. The third-order valence-electron chi connectivity index (χ3n) is 4.12. The smallest absolute Gasteiger partial charge is 0.234 e. The molecule has 0 aliphatic carbocycles. The predicted molar refractivity (Wildman–Crippen MR) is 104 cm³/mol. The molecular weight excluding hydrogens is 334 g/mol. The average Bonchev–Trinajstić information content (AvgIpc) is 2.85. The van der Waals surface area contributed by atoms with E-state index in [1.165, 1.54) is 17.5 Å². The quantitative estimate of drug-likeness (QED) is 0.710. The lowest BCUT2D eigenvalue weighted by atomic mass is 10.2. The van der Waals surface area contributed by atoms with Crippen molar-refractivity contribution in [1.29, 1.82) is 0 Å². The van der Waals surface area contributed by atoms with Crippen molar-refractivity contribution in [2.75, 3.05) is 18.2 Å². The SMILES string of the molecule is CCCCn1c(SCC(=O)Nc2cc(C)ccc2OC)nc(C)c1C. The van der Waals surface area contributed by atoms with Gasteiger partial charge >= 0.3 is 0 Å². The van der Waals surface area contributed by atoms with Gasteiger partial charge in [-0.15, -0.1) is 0 Å². The molecule has 0 atom stereocenters. The number of amides is 1. The minimum atomic E-state index is -0.0609. The van der Waals surface area contributed by atoms with Crippen LogP contribution in [0.5, 0.6) is 5.75 Å². The molecule has 0 aliphatic rings. The highest BCUT2D eigenvalue weighted by Crippen LogP contribution is 2.26. The van der Waals surface area contributed by atoms with Crippen molar-refractivity contribution in [2.45, 2.75) is 52.2 Å². The Morgan fingerprint density at radius 3 is 2.76 bits per heavy atom. The fourth-order valence-electron chi connectivity index (χ4n) is 2.55. The van der Waals surface area contributed by atoms with E-state index in [4.69, 9.17) is 4.74 Å². The monoisotopic (exact) mass is 361 g/mol. The Kier molecular flexibility index (Phi) is 6.93. The zero-order chi connectivity index (χ0) is 18.4. The van der Waals surface area contributed by atoms with Crippen LogP contribution in [0.2, 0.25) is 0 Å². The first-order valence-electron chi connectivity index (χ1n) is 8.57. The van der Waals surface area contributed by atoms with Crippen molar-refractivity contribution in [2.24, 2.45) is 0 Å². The molecule has 2 aromatic rings. The van der Waals surface area contributed by atoms with Gasteiger partial charge < -0.3 is 14.6 Å². The lowest BCUT2D eigenvalue weighted by molar-refractivity contribution is -0.113. The first-order valence-corrected chi connectivity index (χ1v) is 9.55. The molecular formula is C19H27N3O2S. The first kappa shape index (κ1) is 19.4. The molecule has 0 unspecified atom stereocenters. The van der Waals surface area contributed by atoms with Crippen LogP contribution in [0.1, 0.15) is 36.7 Å². The number of rotatable bonds is 8. The Bertz CT molecular complexity index is 741. The third kappa shape index (κ3) is 5.01. The number of anilines is 1. The molecule has 1 heterocycles. The van der Waals surface area contributed by atoms with E-state index >= 15 is 0 Å². The second kappa shape index (κ2) is 8.94. The van der Waals surface area contributed by atoms with Gasteiger partial charge in [-0.1, -0.05) is 31.2 Å². The molecule has 0 fully saturated rings. The maximum Gasteiger partial charge on any atom is 0.234 e. The number of ether oxygens (including phenoxy) is 1. The number of aromatic nitrogens is 2. The standard InChI is InChI=1S/C19H27N3O2S/c1-6-7-10-22-15(4)14(3)20-19(22)25-12-18(23)21-16-11-13(2)8-9-17(16)24-5/h8-9,11H,6-7,10,12H2,1-5H3,(H,21,23). The number of carbonyl (C=O) groups is 1. The van der Waals surface area contributed by atoms with Crippen LogP contribution >= 0.6 is 11.8 Å². The van der Waals surface area contributed by atoms with Crippen LogP contribution < -0.4 is 10.1 Å². The van der Waals surface area contributed by atoms with E-state index in [0.717, 1.165) is 35.8 Å². The third-order valence-corrected chi connectivity index (χ3v) is 5.10. The van der Waals surface area contributed by atoms with Gasteiger partial charge in [-0.25, -0.2) is 4.98 Å². The number of nitrogens with zero attached hydrogens (tertiary/aromatic N) is 2. The van der Waals surface area contributed by atoms with Crippen LogP contribution in [0.15, 0.2) is 23.4 Å². The summed E-state index contributed by atoms with van der Waals surface area (Å²) in [5.41, 5.74) is 3.98.